The molecule has 0 aromatic rings. The zero-order valence-corrected chi connectivity index (χ0v) is 9.88. The smallest absolute Gasteiger partial charge is 0.221 e. The lowest BCUT2D eigenvalue weighted by molar-refractivity contribution is -0.122. The molecule has 0 radical (unpaired) electrons. The summed E-state index contributed by atoms with van der Waals surface area (Å²) in [6.07, 6.45) is 2.77. The first kappa shape index (κ1) is 12.5. The standard InChI is InChI=1S/C11H23N3O/c1-3-12-7-4-11(15)13-10-5-8-14(2)9-6-10/h10,12H,3-9H2,1-2H3,(H,13,15). The lowest BCUT2D eigenvalue weighted by Crippen LogP contribution is -2.43. The fraction of sp³-hybridized carbons (Fsp3) is 0.909. The Hall–Kier alpha value is -0.610. The van der Waals surface area contributed by atoms with Gasteiger partial charge in [0.05, 0.1) is 0 Å². The van der Waals surface area contributed by atoms with Crippen LogP contribution in [0.5, 0.6) is 0 Å². The molecule has 0 aromatic carbocycles. The number of nitrogens with zero attached hydrogens (tertiary/aromatic N) is 1. The Morgan fingerprint density at radius 2 is 2.07 bits per heavy atom. The van der Waals surface area contributed by atoms with E-state index in [4.69, 9.17) is 0 Å². The van der Waals surface area contributed by atoms with Crippen LogP contribution in [-0.4, -0.2) is 50.1 Å². The Bertz CT molecular complexity index is 188. The molecule has 0 atom stereocenters. The second kappa shape index (κ2) is 6.80. The molecule has 0 saturated carbocycles. The van der Waals surface area contributed by atoms with Crippen molar-refractivity contribution in [2.45, 2.75) is 32.2 Å². The van der Waals surface area contributed by atoms with Crippen molar-refractivity contribution in [3.05, 3.63) is 0 Å². The Kier molecular flexibility index (Phi) is 5.65. The number of rotatable bonds is 5. The SMILES string of the molecule is CCNCCC(=O)NC1CCN(C)CC1. The molecule has 4 nitrogen and oxygen atoms in total. The monoisotopic (exact) mass is 213 g/mol. The van der Waals surface area contributed by atoms with Crippen molar-refractivity contribution in [2.24, 2.45) is 0 Å². The van der Waals surface area contributed by atoms with Crippen molar-refractivity contribution >= 4 is 5.91 Å². The minimum absolute atomic E-state index is 0.186. The van der Waals surface area contributed by atoms with Crippen LogP contribution in [-0.2, 0) is 4.79 Å². The molecular weight excluding hydrogens is 190 g/mol. The lowest BCUT2D eigenvalue weighted by atomic mass is 10.1. The summed E-state index contributed by atoms with van der Waals surface area (Å²) >= 11 is 0. The molecule has 1 fully saturated rings. The summed E-state index contributed by atoms with van der Waals surface area (Å²) in [4.78, 5) is 13.8. The fourth-order valence-corrected chi connectivity index (χ4v) is 1.83. The van der Waals surface area contributed by atoms with Gasteiger partial charge >= 0.3 is 0 Å². The number of nitrogens with one attached hydrogen (secondary N) is 2. The summed E-state index contributed by atoms with van der Waals surface area (Å²) < 4.78 is 0. The maximum atomic E-state index is 11.5. The van der Waals surface area contributed by atoms with Crippen LogP contribution in [0.15, 0.2) is 0 Å². The van der Waals surface area contributed by atoms with Gasteiger partial charge in [0.25, 0.3) is 0 Å². The quantitative estimate of drug-likeness (QED) is 0.641. The molecule has 1 heterocycles. The van der Waals surface area contributed by atoms with Crippen LogP contribution >= 0.6 is 0 Å². The highest BCUT2D eigenvalue weighted by atomic mass is 16.1. The van der Waals surface area contributed by atoms with Gasteiger partial charge in [-0.2, -0.15) is 0 Å². The number of piperidine rings is 1. The van der Waals surface area contributed by atoms with Crippen LogP contribution < -0.4 is 10.6 Å². The maximum absolute atomic E-state index is 11.5. The molecule has 0 unspecified atom stereocenters. The van der Waals surface area contributed by atoms with Gasteiger partial charge in [0.1, 0.15) is 0 Å². The first-order valence-electron chi connectivity index (χ1n) is 5.91. The molecule has 1 aliphatic rings. The molecular formula is C11H23N3O. The minimum atomic E-state index is 0.186. The number of hydrogen-bond donors (Lipinski definition) is 2. The van der Waals surface area contributed by atoms with Gasteiger partial charge in [0.15, 0.2) is 0 Å². The normalized spacial score (nSPS) is 19.1. The van der Waals surface area contributed by atoms with Crippen molar-refractivity contribution in [3.8, 4) is 0 Å². The Morgan fingerprint density at radius 1 is 1.40 bits per heavy atom. The molecule has 0 aromatic heterocycles. The van der Waals surface area contributed by atoms with Gasteiger partial charge in [-0.05, 0) is 39.5 Å². The molecule has 1 saturated heterocycles. The fourth-order valence-electron chi connectivity index (χ4n) is 1.83. The van der Waals surface area contributed by atoms with Gasteiger partial charge in [0.2, 0.25) is 5.91 Å². The third-order valence-electron chi connectivity index (χ3n) is 2.86. The van der Waals surface area contributed by atoms with Crippen molar-refractivity contribution < 1.29 is 4.79 Å². The first-order valence-corrected chi connectivity index (χ1v) is 5.91. The van der Waals surface area contributed by atoms with Gasteiger partial charge in [-0.15, -0.1) is 0 Å². The van der Waals surface area contributed by atoms with Crippen LogP contribution in [0.25, 0.3) is 0 Å². The summed E-state index contributed by atoms with van der Waals surface area (Å²) in [5, 5.41) is 6.25. The summed E-state index contributed by atoms with van der Waals surface area (Å²) in [6, 6.07) is 0.398. The van der Waals surface area contributed by atoms with Crippen LogP contribution in [0.1, 0.15) is 26.2 Å². The number of likely N-dealkylation sites (tertiary alicyclic amines) is 1. The maximum Gasteiger partial charge on any atom is 0.221 e. The van der Waals surface area contributed by atoms with Crippen LogP contribution in [0.4, 0.5) is 0 Å². The van der Waals surface area contributed by atoms with Gasteiger partial charge < -0.3 is 15.5 Å². The first-order chi connectivity index (χ1) is 7.22. The van der Waals surface area contributed by atoms with Crippen molar-refractivity contribution in [3.63, 3.8) is 0 Å². The molecule has 15 heavy (non-hydrogen) atoms. The Morgan fingerprint density at radius 3 is 2.67 bits per heavy atom. The number of amides is 1. The second-order valence-corrected chi connectivity index (χ2v) is 4.25. The van der Waals surface area contributed by atoms with E-state index in [2.05, 4.69) is 29.5 Å². The molecule has 88 valence electrons. The zero-order chi connectivity index (χ0) is 11.1. The number of hydrogen-bond acceptors (Lipinski definition) is 3. The molecule has 1 amide bonds. The van der Waals surface area contributed by atoms with E-state index in [0.29, 0.717) is 12.5 Å². The largest absolute Gasteiger partial charge is 0.353 e. The zero-order valence-electron chi connectivity index (χ0n) is 9.88. The number of carbonyl (C=O) groups is 1. The lowest BCUT2D eigenvalue weighted by Gasteiger charge is -2.29. The van der Waals surface area contributed by atoms with E-state index < -0.39 is 0 Å². The average molecular weight is 213 g/mol. The van der Waals surface area contributed by atoms with E-state index in [1.807, 2.05) is 0 Å². The number of carbonyl (C=O) groups excluding carboxylic acids is 1. The highest BCUT2D eigenvalue weighted by Crippen LogP contribution is 2.07. The van der Waals surface area contributed by atoms with Crippen LogP contribution in [0.3, 0.4) is 0 Å². The molecule has 1 rings (SSSR count). The van der Waals surface area contributed by atoms with Crippen LogP contribution in [0.2, 0.25) is 0 Å². The third-order valence-corrected chi connectivity index (χ3v) is 2.86. The molecule has 0 aliphatic carbocycles. The summed E-state index contributed by atoms with van der Waals surface area (Å²) in [5.41, 5.74) is 0. The molecule has 0 spiro atoms. The molecule has 1 aliphatic heterocycles. The topological polar surface area (TPSA) is 44.4 Å². The van der Waals surface area contributed by atoms with Crippen LogP contribution in [0, 0.1) is 0 Å². The average Bonchev–Trinajstić information content (AvgIpc) is 2.22. The Balaban J connectivity index is 2.09. The van der Waals surface area contributed by atoms with Gasteiger partial charge in [0, 0.05) is 19.0 Å². The van der Waals surface area contributed by atoms with E-state index in [-0.39, 0.29) is 5.91 Å². The van der Waals surface area contributed by atoms with Crippen molar-refractivity contribution in [1.29, 1.82) is 0 Å². The Labute approximate surface area is 92.4 Å². The van der Waals surface area contributed by atoms with E-state index in [0.717, 1.165) is 39.0 Å². The van der Waals surface area contributed by atoms with E-state index in [1.165, 1.54) is 0 Å². The predicted molar refractivity (Wildman–Crippen MR) is 61.8 cm³/mol. The van der Waals surface area contributed by atoms with E-state index >= 15 is 0 Å². The summed E-state index contributed by atoms with van der Waals surface area (Å²) in [5.74, 6) is 0.186. The minimum Gasteiger partial charge on any atom is -0.353 e. The highest BCUT2D eigenvalue weighted by molar-refractivity contribution is 5.76. The molecule has 2 N–H and O–H groups in total. The molecule has 0 bridgehead atoms. The second-order valence-electron chi connectivity index (χ2n) is 4.25. The highest BCUT2D eigenvalue weighted by Gasteiger charge is 2.17. The summed E-state index contributed by atoms with van der Waals surface area (Å²) in [7, 11) is 2.13. The summed E-state index contributed by atoms with van der Waals surface area (Å²) in [6.45, 7) is 5.96. The van der Waals surface area contributed by atoms with Gasteiger partial charge in [-0.1, -0.05) is 6.92 Å². The van der Waals surface area contributed by atoms with Crippen molar-refractivity contribution in [1.82, 2.24) is 15.5 Å². The van der Waals surface area contributed by atoms with Gasteiger partial charge in [-0.25, -0.2) is 0 Å². The van der Waals surface area contributed by atoms with Gasteiger partial charge in [-0.3, -0.25) is 4.79 Å². The van der Waals surface area contributed by atoms with Crippen molar-refractivity contribution in [2.75, 3.05) is 33.2 Å². The molecule has 4 heteroatoms. The van der Waals surface area contributed by atoms with E-state index in [9.17, 15) is 4.79 Å². The predicted octanol–water partition coefficient (Wildman–Crippen LogP) is 0.196. The third kappa shape index (κ3) is 5.14. The van der Waals surface area contributed by atoms with E-state index in [1.54, 1.807) is 0 Å².